The topological polar surface area (TPSA) is 80.4 Å². The van der Waals surface area contributed by atoms with E-state index in [4.69, 9.17) is 37.9 Å². The van der Waals surface area contributed by atoms with Gasteiger partial charge in [-0.3, -0.25) is 0 Å². The van der Waals surface area contributed by atoms with Gasteiger partial charge in [0.1, 0.15) is 73.8 Å². The molecule has 0 N–H and O–H groups in total. The molecule has 0 aliphatic carbocycles. The lowest BCUT2D eigenvalue weighted by Gasteiger charge is -2.30. The summed E-state index contributed by atoms with van der Waals surface area (Å²) in [6, 6.07) is 33.3. The van der Waals surface area contributed by atoms with Crippen molar-refractivity contribution in [3.05, 3.63) is 119 Å². The van der Waals surface area contributed by atoms with Crippen LogP contribution in [0.4, 0.5) is 0 Å². The Hall–Kier alpha value is -4.08. The van der Waals surface area contributed by atoms with Gasteiger partial charge in [-0.05, 0) is 70.8 Å². The summed E-state index contributed by atoms with van der Waals surface area (Å²) in [6.07, 6.45) is 0.228. The first-order valence-corrected chi connectivity index (χ1v) is 17.6. The Morgan fingerprint density at radius 2 is 0.580 bits per heavy atom. The smallest absolute Gasteiger partial charge is 0.119 e. The molecule has 7 rings (SSSR count). The number of hydrogen-bond acceptors (Lipinski definition) is 8. The molecule has 4 atom stereocenters. The third kappa shape index (κ3) is 8.79. The van der Waals surface area contributed by atoms with Crippen molar-refractivity contribution in [2.45, 2.75) is 62.9 Å². The molecule has 4 aromatic rings. The van der Waals surface area contributed by atoms with Crippen LogP contribution >= 0.6 is 0 Å². The van der Waals surface area contributed by atoms with Gasteiger partial charge in [0.2, 0.25) is 0 Å². The Morgan fingerprint density at radius 3 is 0.760 bits per heavy atom. The van der Waals surface area contributed by atoms with Crippen molar-refractivity contribution in [2.75, 3.05) is 52.9 Å². The average molecular weight is 681 g/mol. The van der Waals surface area contributed by atoms with Gasteiger partial charge in [0.25, 0.3) is 0 Å². The van der Waals surface area contributed by atoms with Gasteiger partial charge < -0.3 is 37.9 Å². The third-order valence-corrected chi connectivity index (χ3v) is 9.89. The van der Waals surface area contributed by atoms with Gasteiger partial charge in [0.05, 0.1) is 26.4 Å². The molecule has 0 amide bonds. The van der Waals surface area contributed by atoms with E-state index in [0.29, 0.717) is 39.6 Å². The molecule has 0 aromatic heterocycles. The maximum Gasteiger partial charge on any atom is 0.119 e. The predicted octanol–water partition coefficient (Wildman–Crippen LogP) is 7.14. The number of benzene rings is 4. The molecule has 3 fully saturated rings. The van der Waals surface area contributed by atoms with E-state index in [2.05, 4.69) is 76.2 Å². The standard InChI is InChI=1S/C42H48O8/c1-41(2,29-5-13-33(14-6-29)43-21-37-25-47-37)31-9-17-35(18-10-31)45-23-39-27-50-40(28-49-39)24-46-36-19-11-32(12-20-36)42(3,4)30-7-15-34(16-8-30)44-22-38-26-48-38/h5-20,37-40H,21-28H2,1-4H3. The van der Waals surface area contributed by atoms with E-state index in [-0.39, 0.29) is 35.2 Å². The van der Waals surface area contributed by atoms with E-state index in [1.165, 1.54) is 22.3 Å². The van der Waals surface area contributed by atoms with Crippen LogP contribution in [0.15, 0.2) is 97.1 Å². The molecule has 3 aliphatic rings. The predicted molar refractivity (Wildman–Crippen MR) is 191 cm³/mol. The highest BCUT2D eigenvalue weighted by Gasteiger charge is 2.27. The molecule has 0 saturated carbocycles. The van der Waals surface area contributed by atoms with Crippen LogP contribution < -0.4 is 18.9 Å². The Kier molecular flexibility index (Phi) is 10.3. The van der Waals surface area contributed by atoms with Crippen molar-refractivity contribution in [1.29, 1.82) is 0 Å². The second-order valence-corrected chi connectivity index (χ2v) is 14.4. The fourth-order valence-electron chi connectivity index (χ4n) is 6.07. The van der Waals surface area contributed by atoms with Crippen molar-refractivity contribution in [3.63, 3.8) is 0 Å². The highest BCUT2D eigenvalue weighted by Crippen LogP contribution is 2.35. The van der Waals surface area contributed by atoms with Crippen LogP contribution in [0.5, 0.6) is 23.0 Å². The van der Waals surface area contributed by atoms with Gasteiger partial charge in [-0.2, -0.15) is 0 Å². The number of ether oxygens (including phenoxy) is 8. The molecule has 50 heavy (non-hydrogen) atoms. The maximum atomic E-state index is 6.07. The normalized spacial score (nSPS) is 21.7. The Morgan fingerprint density at radius 1 is 0.380 bits per heavy atom. The second-order valence-electron chi connectivity index (χ2n) is 14.4. The molecule has 4 aromatic carbocycles. The summed E-state index contributed by atoms with van der Waals surface area (Å²) in [6.45, 7) is 13.5. The zero-order valence-corrected chi connectivity index (χ0v) is 29.5. The SMILES string of the molecule is CC(C)(c1ccc(OCC2CO2)cc1)c1ccc(OCC2COC(COc3ccc(C(C)(C)c4ccc(OCC5CO5)cc4)cc3)CO2)cc1. The molecular formula is C42H48O8. The maximum absolute atomic E-state index is 6.07. The molecule has 3 heterocycles. The van der Waals surface area contributed by atoms with Crippen molar-refractivity contribution in [1.82, 2.24) is 0 Å². The summed E-state index contributed by atoms with van der Waals surface area (Å²) in [7, 11) is 0. The first kappa shape index (κ1) is 34.4. The highest BCUT2D eigenvalue weighted by molar-refractivity contribution is 5.43. The minimum atomic E-state index is -0.166. The van der Waals surface area contributed by atoms with Gasteiger partial charge in [-0.15, -0.1) is 0 Å². The molecule has 4 unspecified atom stereocenters. The molecule has 0 bridgehead atoms. The Balaban J connectivity index is 0.821. The Bertz CT molecular complexity index is 1520. The van der Waals surface area contributed by atoms with E-state index >= 15 is 0 Å². The van der Waals surface area contributed by atoms with Crippen LogP contribution in [0.2, 0.25) is 0 Å². The molecule has 8 heteroatoms. The van der Waals surface area contributed by atoms with Crippen molar-refractivity contribution in [3.8, 4) is 23.0 Å². The van der Waals surface area contributed by atoms with Gasteiger partial charge in [-0.1, -0.05) is 76.2 Å². The summed E-state index contributed by atoms with van der Waals surface area (Å²) in [4.78, 5) is 0. The number of rotatable bonds is 16. The zero-order valence-electron chi connectivity index (χ0n) is 29.5. The fourth-order valence-corrected chi connectivity index (χ4v) is 6.07. The van der Waals surface area contributed by atoms with E-state index in [1.807, 2.05) is 48.5 Å². The number of hydrogen-bond donors (Lipinski definition) is 0. The van der Waals surface area contributed by atoms with E-state index in [0.717, 1.165) is 36.2 Å². The summed E-state index contributed by atoms with van der Waals surface area (Å²) in [5.74, 6) is 3.35. The lowest BCUT2D eigenvalue weighted by Crippen LogP contribution is -2.41. The van der Waals surface area contributed by atoms with Gasteiger partial charge in [0.15, 0.2) is 0 Å². The van der Waals surface area contributed by atoms with Crippen LogP contribution in [0.25, 0.3) is 0 Å². The quantitative estimate of drug-likeness (QED) is 0.116. The van der Waals surface area contributed by atoms with Crippen LogP contribution in [0.3, 0.4) is 0 Å². The van der Waals surface area contributed by atoms with E-state index < -0.39 is 0 Å². The zero-order chi connectivity index (χ0) is 34.6. The van der Waals surface area contributed by atoms with Crippen molar-refractivity contribution in [2.24, 2.45) is 0 Å². The minimum absolute atomic E-state index is 0.135. The molecular weight excluding hydrogens is 632 g/mol. The molecule has 0 spiro atoms. The van der Waals surface area contributed by atoms with Crippen molar-refractivity contribution < 1.29 is 37.9 Å². The van der Waals surface area contributed by atoms with Crippen molar-refractivity contribution >= 4 is 0 Å². The van der Waals surface area contributed by atoms with Crippen LogP contribution in [-0.2, 0) is 29.8 Å². The fraction of sp³-hybridized carbons (Fsp3) is 0.429. The monoisotopic (exact) mass is 680 g/mol. The average Bonchev–Trinajstić information content (AvgIpc) is 4.09. The molecule has 264 valence electrons. The largest absolute Gasteiger partial charge is 0.491 e. The van der Waals surface area contributed by atoms with Gasteiger partial charge >= 0.3 is 0 Å². The van der Waals surface area contributed by atoms with Gasteiger partial charge in [0, 0.05) is 10.8 Å². The highest BCUT2D eigenvalue weighted by atomic mass is 16.6. The summed E-state index contributed by atoms with van der Waals surface area (Å²) in [5, 5.41) is 0. The first-order valence-electron chi connectivity index (χ1n) is 17.6. The second kappa shape index (κ2) is 15.0. The molecule has 8 nitrogen and oxygen atoms in total. The van der Waals surface area contributed by atoms with Crippen LogP contribution in [0.1, 0.15) is 49.9 Å². The summed E-state index contributed by atoms with van der Waals surface area (Å²) >= 11 is 0. The number of epoxide rings is 2. The van der Waals surface area contributed by atoms with Crippen LogP contribution in [-0.4, -0.2) is 77.3 Å². The van der Waals surface area contributed by atoms with E-state index in [9.17, 15) is 0 Å². The Labute approximate surface area is 295 Å². The van der Waals surface area contributed by atoms with Gasteiger partial charge in [-0.25, -0.2) is 0 Å². The minimum Gasteiger partial charge on any atom is -0.491 e. The molecule has 0 radical (unpaired) electrons. The lowest BCUT2D eigenvalue weighted by atomic mass is 9.78. The lowest BCUT2D eigenvalue weighted by molar-refractivity contribution is -0.150. The molecule has 3 aliphatic heterocycles. The molecule has 3 saturated heterocycles. The van der Waals surface area contributed by atoms with E-state index in [1.54, 1.807) is 0 Å². The first-order chi connectivity index (χ1) is 24.2. The summed E-state index contributed by atoms with van der Waals surface area (Å²) in [5.41, 5.74) is 4.52. The summed E-state index contributed by atoms with van der Waals surface area (Å²) < 4.78 is 46.3. The third-order valence-electron chi connectivity index (χ3n) is 9.89. The van der Waals surface area contributed by atoms with Crippen LogP contribution in [0, 0.1) is 0 Å².